The zero-order chi connectivity index (χ0) is 19.4. The van der Waals surface area contributed by atoms with Gasteiger partial charge in [-0.15, -0.1) is 22.7 Å². The van der Waals surface area contributed by atoms with E-state index in [0.29, 0.717) is 6.54 Å². The van der Waals surface area contributed by atoms with E-state index in [0.717, 1.165) is 9.75 Å². The van der Waals surface area contributed by atoms with Crippen molar-refractivity contribution in [3.8, 4) is 0 Å². The van der Waals surface area contributed by atoms with E-state index < -0.39 is 0 Å². The Morgan fingerprint density at radius 3 is 2.30 bits per heavy atom. The van der Waals surface area contributed by atoms with Crippen LogP contribution >= 0.6 is 22.7 Å². The van der Waals surface area contributed by atoms with Crippen molar-refractivity contribution in [2.24, 2.45) is 0 Å². The summed E-state index contributed by atoms with van der Waals surface area (Å²) >= 11 is 3.27. The van der Waals surface area contributed by atoms with Crippen LogP contribution in [0.15, 0.2) is 36.7 Å². The average Bonchev–Trinajstić information content (AvgIpc) is 3.28. The lowest BCUT2D eigenvalue weighted by Gasteiger charge is -2.12. The van der Waals surface area contributed by atoms with Crippen LogP contribution in [0.4, 0.5) is 0 Å². The predicted molar refractivity (Wildman–Crippen MR) is 107 cm³/mol. The van der Waals surface area contributed by atoms with Gasteiger partial charge in [0.2, 0.25) is 0 Å². The van der Waals surface area contributed by atoms with E-state index in [9.17, 15) is 9.59 Å². The number of thiophene rings is 2. The summed E-state index contributed by atoms with van der Waals surface area (Å²) in [6.07, 6.45) is 1.24. The number of carbonyl (C=O) groups excluding carboxylic acids is 2. The lowest BCUT2D eigenvalue weighted by atomic mass is 10.2. The molecule has 0 unspecified atom stereocenters. The predicted octanol–water partition coefficient (Wildman–Crippen LogP) is 3.64. The molecule has 0 aliphatic heterocycles. The minimum atomic E-state index is -0.334. The highest BCUT2D eigenvalue weighted by Crippen LogP contribution is 2.22. The van der Waals surface area contributed by atoms with Gasteiger partial charge >= 0.3 is 0 Å². The highest BCUT2D eigenvalue weighted by atomic mass is 32.1. The molecule has 2 N–H and O–H groups in total. The molecule has 140 valence electrons. The number of aryl methyl sites for hydroxylation is 2. The Morgan fingerprint density at radius 1 is 1.00 bits per heavy atom. The molecule has 2 amide bonds. The van der Waals surface area contributed by atoms with Gasteiger partial charge in [0, 0.05) is 25.6 Å². The lowest BCUT2D eigenvalue weighted by Crippen LogP contribution is -2.28. The maximum atomic E-state index is 12.5. The van der Waals surface area contributed by atoms with Crippen LogP contribution in [0.5, 0.6) is 0 Å². The number of rotatable bonds is 6. The Bertz CT molecular complexity index is 964. The van der Waals surface area contributed by atoms with Gasteiger partial charge in [-0.25, -0.2) is 9.97 Å². The highest BCUT2D eigenvalue weighted by molar-refractivity contribution is 7.12. The third-order valence-corrected chi connectivity index (χ3v) is 6.07. The molecule has 1 atom stereocenters. The number of nitrogens with zero attached hydrogens (tertiary/aromatic N) is 2. The van der Waals surface area contributed by atoms with Crippen molar-refractivity contribution in [1.29, 1.82) is 0 Å². The van der Waals surface area contributed by atoms with Crippen LogP contribution in [0.1, 0.15) is 53.5 Å². The molecule has 0 saturated carbocycles. The molecule has 0 bridgehead atoms. The Hall–Kier alpha value is -2.58. The van der Waals surface area contributed by atoms with Crippen LogP contribution in [0, 0.1) is 13.8 Å². The first-order valence-electron chi connectivity index (χ1n) is 8.45. The van der Waals surface area contributed by atoms with Crippen LogP contribution in [-0.2, 0) is 6.54 Å². The molecule has 0 aromatic carbocycles. The third-order valence-electron chi connectivity index (χ3n) is 3.89. The Balaban J connectivity index is 1.63. The second kappa shape index (κ2) is 8.41. The fourth-order valence-electron chi connectivity index (χ4n) is 2.47. The molecule has 0 aliphatic carbocycles. The van der Waals surface area contributed by atoms with Gasteiger partial charge in [-0.05, 0) is 45.0 Å². The molecule has 8 heteroatoms. The summed E-state index contributed by atoms with van der Waals surface area (Å²) in [4.78, 5) is 37.3. The van der Waals surface area contributed by atoms with Crippen LogP contribution in [0.2, 0.25) is 0 Å². The Labute approximate surface area is 165 Å². The van der Waals surface area contributed by atoms with Crippen molar-refractivity contribution in [2.75, 3.05) is 0 Å². The van der Waals surface area contributed by atoms with E-state index >= 15 is 0 Å². The normalized spacial score (nSPS) is 11.8. The van der Waals surface area contributed by atoms with E-state index in [1.807, 2.05) is 45.0 Å². The molecule has 27 heavy (non-hydrogen) atoms. The standard InChI is InChI=1S/C19H20N4O2S2/c1-11-4-6-14(26-11)9-20-18(24)15-8-16(22-10-21-15)19(25)23-13(3)17-7-5-12(2)27-17/h4-8,10,13H,9H2,1-3H3,(H,20,24)(H,23,25)/t13-/m0/s1. The molecule has 3 rings (SSSR count). The molecule has 3 aromatic heterocycles. The SMILES string of the molecule is Cc1ccc(CNC(=O)c2cc(C(=O)N[C@@H](C)c3ccc(C)s3)ncn2)s1. The summed E-state index contributed by atoms with van der Waals surface area (Å²) in [6, 6.07) is 9.28. The minimum Gasteiger partial charge on any atom is -0.346 e. The van der Waals surface area contributed by atoms with Crippen molar-refractivity contribution >= 4 is 34.5 Å². The van der Waals surface area contributed by atoms with E-state index in [2.05, 4.69) is 20.6 Å². The highest BCUT2D eigenvalue weighted by Gasteiger charge is 2.16. The largest absolute Gasteiger partial charge is 0.346 e. The number of carbonyl (C=O) groups is 2. The number of hydrogen-bond donors (Lipinski definition) is 2. The van der Waals surface area contributed by atoms with Gasteiger partial charge < -0.3 is 10.6 Å². The van der Waals surface area contributed by atoms with Crippen LogP contribution in [0.25, 0.3) is 0 Å². The zero-order valence-electron chi connectivity index (χ0n) is 15.3. The van der Waals surface area contributed by atoms with Crippen LogP contribution in [0.3, 0.4) is 0 Å². The van der Waals surface area contributed by atoms with Crippen molar-refractivity contribution < 1.29 is 9.59 Å². The molecule has 0 radical (unpaired) electrons. The molecule has 3 heterocycles. The van der Waals surface area contributed by atoms with Crippen molar-refractivity contribution in [3.05, 3.63) is 67.6 Å². The van der Waals surface area contributed by atoms with Gasteiger partial charge in [-0.3, -0.25) is 9.59 Å². The Morgan fingerprint density at radius 2 is 1.67 bits per heavy atom. The van der Waals surface area contributed by atoms with Crippen molar-refractivity contribution in [2.45, 2.75) is 33.4 Å². The molecule has 6 nitrogen and oxygen atoms in total. The summed E-state index contributed by atoms with van der Waals surface area (Å²) < 4.78 is 0. The summed E-state index contributed by atoms with van der Waals surface area (Å²) in [6.45, 7) is 6.39. The van der Waals surface area contributed by atoms with E-state index in [1.54, 1.807) is 22.7 Å². The van der Waals surface area contributed by atoms with Crippen molar-refractivity contribution in [3.63, 3.8) is 0 Å². The first-order chi connectivity index (χ1) is 12.9. The number of aromatic nitrogens is 2. The van der Waals surface area contributed by atoms with Crippen LogP contribution in [-0.4, -0.2) is 21.8 Å². The summed E-state index contributed by atoms with van der Waals surface area (Å²) in [5, 5.41) is 5.72. The third kappa shape index (κ3) is 4.99. The van der Waals surface area contributed by atoms with E-state index in [4.69, 9.17) is 0 Å². The monoisotopic (exact) mass is 400 g/mol. The first kappa shape index (κ1) is 19.2. The van der Waals surface area contributed by atoms with Gasteiger partial charge in [-0.1, -0.05) is 0 Å². The molecule has 0 spiro atoms. The van der Waals surface area contributed by atoms with E-state index in [-0.39, 0.29) is 29.2 Å². The fourth-order valence-corrected chi connectivity index (χ4v) is 4.18. The van der Waals surface area contributed by atoms with Crippen LogP contribution < -0.4 is 10.6 Å². The molecular weight excluding hydrogens is 380 g/mol. The second-order valence-corrected chi connectivity index (χ2v) is 8.82. The number of nitrogens with one attached hydrogen (secondary N) is 2. The second-order valence-electron chi connectivity index (χ2n) is 6.13. The van der Waals surface area contributed by atoms with Gasteiger partial charge in [0.1, 0.15) is 17.7 Å². The summed E-state index contributed by atoms with van der Waals surface area (Å²) in [5.74, 6) is -0.668. The van der Waals surface area contributed by atoms with E-state index in [1.165, 1.54) is 22.1 Å². The first-order valence-corrected chi connectivity index (χ1v) is 10.1. The van der Waals surface area contributed by atoms with Gasteiger partial charge in [0.25, 0.3) is 11.8 Å². The minimum absolute atomic E-state index is 0.134. The molecule has 0 aliphatic rings. The summed E-state index contributed by atoms with van der Waals surface area (Å²) in [7, 11) is 0. The molecular formula is C19H20N4O2S2. The molecule has 0 fully saturated rings. The Kier molecular flexibility index (Phi) is 5.98. The zero-order valence-corrected chi connectivity index (χ0v) is 16.9. The van der Waals surface area contributed by atoms with Gasteiger partial charge in [0.05, 0.1) is 12.6 Å². The number of hydrogen-bond acceptors (Lipinski definition) is 6. The van der Waals surface area contributed by atoms with Gasteiger partial charge in [-0.2, -0.15) is 0 Å². The average molecular weight is 401 g/mol. The quantitative estimate of drug-likeness (QED) is 0.662. The van der Waals surface area contributed by atoms with Gasteiger partial charge in [0.15, 0.2) is 0 Å². The lowest BCUT2D eigenvalue weighted by molar-refractivity contribution is 0.0935. The van der Waals surface area contributed by atoms with Crippen molar-refractivity contribution in [1.82, 2.24) is 20.6 Å². The maximum Gasteiger partial charge on any atom is 0.270 e. The molecule has 3 aromatic rings. The number of amides is 2. The maximum absolute atomic E-state index is 12.5. The summed E-state index contributed by atoms with van der Waals surface area (Å²) in [5.41, 5.74) is 0.338. The smallest absolute Gasteiger partial charge is 0.270 e. The fraction of sp³-hybridized carbons (Fsp3) is 0.263. The molecule has 0 saturated heterocycles. The topological polar surface area (TPSA) is 84.0 Å².